The van der Waals surface area contributed by atoms with E-state index < -0.39 is 0 Å². The highest BCUT2D eigenvalue weighted by Crippen LogP contribution is 2.01. The van der Waals surface area contributed by atoms with E-state index in [9.17, 15) is 4.79 Å². The summed E-state index contributed by atoms with van der Waals surface area (Å²) in [5.74, 6) is -0.0201. The van der Waals surface area contributed by atoms with Gasteiger partial charge in [0.15, 0.2) is 0 Å². The molecule has 0 atom stereocenters. The zero-order chi connectivity index (χ0) is 9.68. The monoisotopic (exact) mass is 182 g/mol. The summed E-state index contributed by atoms with van der Waals surface area (Å²) >= 11 is 0. The molecule has 2 N–H and O–H groups in total. The standard InChI is InChI=1S/C8H14N4O/c1-3-10-8(13)6-12-5-7(9-2)4-11-12/h4-5,9H,3,6H2,1-2H3,(H,10,13). The molecule has 0 aliphatic rings. The molecule has 0 aliphatic carbocycles. The van der Waals surface area contributed by atoms with E-state index in [1.807, 2.05) is 14.0 Å². The molecule has 0 aromatic carbocycles. The first-order chi connectivity index (χ1) is 6.26. The van der Waals surface area contributed by atoms with Crippen molar-refractivity contribution in [3.63, 3.8) is 0 Å². The normalized spacial score (nSPS) is 9.69. The lowest BCUT2D eigenvalue weighted by Gasteiger charge is -2.01. The van der Waals surface area contributed by atoms with Crippen LogP contribution in [0.3, 0.4) is 0 Å². The molecule has 1 rings (SSSR count). The Bertz CT molecular complexity index is 281. The molecule has 0 saturated carbocycles. The smallest absolute Gasteiger partial charge is 0.241 e. The molecular weight excluding hydrogens is 168 g/mol. The zero-order valence-corrected chi connectivity index (χ0v) is 7.87. The maximum atomic E-state index is 11.1. The van der Waals surface area contributed by atoms with Crippen molar-refractivity contribution >= 4 is 11.6 Å². The molecule has 0 unspecified atom stereocenters. The van der Waals surface area contributed by atoms with Gasteiger partial charge in [-0.3, -0.25) is 9.48 Å². The molecule has 72 valence electrons. The van der Waals surface area contributed by atoms with Gasteiger partial charge in [0.2, 0.25) is 5.91 Å². The summed E-state index contributed by atoms with van der Waals surface area (Å²) in [5, 5.41) is 9.64. The minimum Gasteiger partial charge on any atom is -0.386 e. The van der Waals surface area contributed by atoms with Crippen LogP contribution < -0.4 is 10.6 Å². The van der Waals surface area contributed by atoms with Crippen LogP contribution in [0, 0.1) is 0 Å². The second-order valence-electron chi connectivity index (χ2n) is 2.63. The average molecular weight is 182 g/mol. The van der Waals surface area contributed by atoms with E-state index in [1.165, 1.54) is 0 Å². The SMILES string of the molecule is CCNC(=O)Cn1cc(NC)cn1. The average Bonchev–Trinajstić information content (AvgIpc) is 2.52. The number of nitrogens with one attached hydrogen (secondary N) is 2. The minimum atomic E-state index is -0.0201. The molecule has 13 heavy (non-hydrogen) atoms. The van der Waals surface area contributed by atoms with Crippen molar-refractivity contribution in [2.24, 2.45) is 0 Å². The first-order valence-electron chi connectivity index (χ1n) is 4.23. The van der Waals surface area contributed by atoms with Crippen molar-refractivity contribution in [2.75, 3.05) is 18.9 Å². The van der Waals surface area contributed by atoms with Crippen molar-refractivity contribution in [3.8, 4) is 0 Å². The van der Waals surface area contributed by atoms with E-state index in [2.05, 4.69) is 15.7 Å². The Labute approximate surface area is 77.1 Å². The van der Waals surface area contributed by atoms with E-state index in [4.69, 9.17) is 0 Å². The number of likely N-dealkylation sites (N-methyl/N-ethyl adjacent to an activating group) is 1. The summed E-state index contributed by atoms with van der Waals surface area (Å²) in [6, 6.07) is 0. The van der Waals surface area contributed by atoms with Gasteiger partial charge in [-0.15, -0.1) is 0 Å². The number of amides is 1. The van der Waals surface area contributed by atoms with Gasteiger partial charge in [0.1, 0.15) is 6.54 Å². The van der Waals surface area contributed by atoms with Crippen molar-refractivity contribution in [2.45, 2.75) is 13.5 Å². The van der Waals surface area contributed by atoms with Crippen LogP contribution in [0.15, 0.2) is 12.4 Å². The zero-order valence-electron chi connectivity index (χ0n) is 7.87. The fraction of sp³-hybridized carbons (Fsp3) is 0.500. The van der Waals surface area contributed by atoms with Gasteiger partial charge in [0, 0.05) is 19.8 Å². The number of nitrogens with zero attached hydrogens (tertiary/aromatic N) is 2. The Morgan fingerprint density at radius 3 is 3.00 bits per heavy atom. The van der Waals surface area contributed by atoms with Crippen molar-refractivity contribution in [1.82, 2.24) is 15.1 Å². The summed E-state index contributed by atoms with van der Waals surface area (Å²) in [4.78, 5) is 11.1. The van der Waals surface area contributed by atoms with Gasteiger partial charge in [0.05, 0.1) is 11.9 Å². The third-order valence-electron chi connectivity index (χ3n) is 1.60. The lowest BCUT2D eigenvalue weighted by atomic mass is 10.5. The van der Waals surface area contributed by atoms with Crippen LogP contribution in [-0.2, 0) is 11.3 Å². The first-order valence-corrected chi connectivity index (χ1v) is 4.23. The Morgan fingerprint density at radius 1 is 1.69 bits per heavy atom. The van der Waals surface area contributed by atoms with Crippen LogP contribution >= 0.6 is 0 Å². The highest BCUT2D eigenvalue weighted by Gasteiger charge is 2.01. The second-order valence-corrected chi connectivity index (χ2v) is 2.63. The Balaban J connectivity index is 2.49. The molecule has 0 spiro atoms. The van der Waals surface area contributed by atoms with Crippen LogP contribution in [0.4, 0.5) is 5.69 Å². The van der Waals surface area contributed by atoms with Crippen molar-refractivity contribution in [3.05, 3.63) is 12.4 Å². The molecule has 5 heteroatoms. The van der Waals surface area contributed by atoms with Gasteiger partial charge in [0.25, 0.3) is 0 Å². The molecule has 1 aromatic rings. The molecule has 0 bridgehead atoms. The Hall–Kier alpha value is -1.52. The number of rotatable bonds is 4. The van der Waals surface area contributed by atoms with Gasteiger partial charge in [-0.1, -0.05) is 0 Å². The van der Waals surface area contributed by atoms with Crippen molar-refractivity contribution < 1.29 is 4.79 Å². The van der Waals surface area contributed by atoms with Crippen LogP contribution in [0.1, 0.15) is 6.92 Å². The fourth-order valence-corrected chi connectivity index (χ4v) is 0.979. The van der Waals surface area contributed by atoms with Crippen LogP contribution in [0.5, 0.6) is 0 Å². The lowest BCUT2D eigenvalue weighted by molar-refractivity contribution is -0.121. The second kappa shape index (κ2) is 4.49. The maximum Gasteiger partial charge on any atom is 0.241 e. The highest BCUT2D eigenvalue weighted by molar-refractivity contribution is 5.75. The van der Waals surface area contributed by atoms with Gasteiger partial charge < -0.3 is 10.6 Å². The summed E-state index contributed by atoms with van der Waals surface area (Å²) in [6.45, 7) is 2.81. The summed E-state index contributed by atoms with van der Waals surface area (Å²) in [5.41, 5.74) is 0.907. The quantitative estimate of drug-likeness (QED) is 0.692. The predicted octanol–water partition coefficient (Wildman–Crippen LogP) is 0.0609. The third kappa shape index (κ3) is 2.77. The van der Waals surface area contributed by atoms with Gasteiger partial charge in [-0.25, -0.2) is 0 Å². The van der Waals surface area contributed by atoms with E-state index in [1.54, 1.807) is 17.1 Å². The van der Waals surface area contributed by atoms with Gasteiger partial charge in [-0.2, -0.15) is 5.10 Å². The minimum absolute atomic E-state index is 0.0201. The van der Waals surface area contributed by atoms with Crippen LogP contribution in [0.2, 0.25) is 0 Å². The molecule has 0 saturated heterocycles. The first kappa shape index (κ1) is 9.57. The summed E-state index contributed by atoms with van der Waals surface area (Å²) in [7, 11) is 1.81. The van der Waals surface area contributed by atoms with Crippen molar-refractivity contribution in [1.29, 1.82) is 0 Å². The number of aromatic nitrogens is 2. The highest BCUT2D eigenvalue weighted by atomic mass is 16.2. The molecule has 1 amide bonds. The van der Waals surface area contributed by atoms with E-state index in [-0.39, 0.29) is 12.5 Å². The molecular formula is C8H14N4O. The Morgan fingerprint density at radius 2 is 2.46 bits per heavy atom. The summed E-state index contributed by atoms with van der Waals surface area (Å²) in [6.07, 6.45) is 3.47. The van der Waals surface area contributed by atoms with E-state index in [0.29, 0.717) is 6.54 Å². The van der Waals surface area contributed by atoms with E-state index in [0.717, 1.165) is 5.69 Å². The molecule has 1 aromatic heterocycles. The number of carbonyl (C=O) groups excluding carboxylic acids is 1. The lowest BCUT2D eigenvalue weighted by Crippen LogP contribution is -2.27. The number of hydrogen-bond acceptors (Lipinski definition) is 3. The number of hydrogen-bond donors (Lipinski definition) is 2. The maximum absolute atomic E-state index is 11.1. The third-order valence-corrected chi connectivity index (χ3v) is 1.60. The number of anilines is 1. The van der Waals surface area contributed by atoms with E-state index >= 15 is 0 Å². The molecule has 5 nitrogen and oxygen atoms in total. The van der Waals surface area contributed by atoms with Gasteiger partial charge in [-0.05, 0) is 6.92 Å². The molecule has 0 radical (unpaired) electrons. The van der Waals surface area contributed by atoms with Crippen LogP contribution in [-0.4, -0.2) is 29.3 Å². The Kier molecular flexibility index (Phi) is 3.31. The van der Waals surface area contributed by atoms with Crippen LogP contribution in [0.25, 0.3) is 0 Å². The molecule has 1 heterocycles. The largest absolute Gasteiger partial charge is 0.386 e. The predicted molar refractivity (Wildman–Crippen MR) is 50.5 cm³/mol. The molecule has 0 aliphatic heterocycles. The van der Waals surface area contributed by atoms with Gasteiger partial charge >= 0.3 is 0 Å². The summed E-state index contributed by atoms with van der Waals surface area (Å²) < 4.78 is 1.59. The topological polar surface area (TPSA) is 59.0 Å². The fourth-order valence-electron chi connectivity index (χ4n) is 0.979. The number of carbonyl (C=O) groups is 1. The molecule has 0 fully saturated rings.